The van der Waals surface area contributed by atoms with E-state index in [0.29, 0.717) is 16.9 Å². The van der Waals surface area contributed by atoms with Crippen molar-refractivity contribution in [3.05, 3.63) is 63.2 Å². The minimum atomic E-state index is -3.76. The van der Waals surface area contributed by atoms with Gasteiger partial charge in [0.2, 0.25) is 0 Å². The summed E-state index contributed by atoms with van der Waals surface area (Å²) >= 11 is 2.08. The van der Waals surface area contributed by atoms with E-state index in [1.807, 2.05) is 32.1 Å². The molecule has 138 valence electrons. The number of rotatable bonds is 6. The summed E-state index contributed by atoms with van der Waals surface area (Å²) in [7, 11) is -3.76. The lowest BCUT2D eigenvalue weighted by Crippen LogP contribution is -2.16. The van der Waals surface area contributed by atoms with Crippen LogP contribution < -0.4 is 10.0 Å². The summed E-state index contributed by atoms with van der Waals surface area (Å²) in [6.45, 7) is 5.57. The molecule has 5 nitrogen and oxygen atoms in total. The highest BCUT2D eigenvalue weighted by atomic mass is 127. The normalized spacial score (nSPS) is 11.9. The number of aryl methyl sites for hydroxylation is 1. The van der Waals surface area contributed by atoms with Crippen LogP contribution >= 0.6 is 22.6 Å². The van der Waals surface area contributed by atoms with Crippen LogP contribution in [0.5, 0.6) is 0 Å². The van der Waals surface area contributed by atoms with Crippen LogP contribution in [0.15, 0.2) is 59.0 Å². The third-order valence-corrected chi connectivity index (χ3v) is 5.94. The predicted molar refractivity (Wildman–Crippen MR) is 114 cm³/mol. The van der Waals surface area contributed by atoms with Crippen LogP contribution in [0.3, 0.4) is 0 Å². The molecule has 0 aromatic heterocycles. The second-order valence-corrected chi connectivity index (χ2v) is 8.71. The molecule has 0 bridgehead atoms. The number of carbonyl (C=O) groups excluding carboxylic acids is 1. The molecule has 0 aliphatic rings. The standard InChI is InChI=1S/C19H21IN2O3S/c1-4-6-14(3)19(23)21-15-7-5-8-16(12-15)26(24,25)22-18-11-13(2)9-10-17(18)20/h5-12,22H,4H2,1-3H3,(H,21,23). The minimum absolute atomic E-state index is 0.0877. The van der Waals surface area contributed by atoms with E-state index in [2.05, 4.69) is 32.6 Å². The van der Waals surface area contributed by atoms with Crippen LogP contribution in [0.1, 0.15) is 25.8 Å². The first-order valence-corrected chi connectivity index (χ1v) is 10.7. The first-order chi connectivity index (χ1) is 12.2. The molecule has 0 aliphatic carbocycles. The van der Waals surface area contributed by atoms with Gasteiger partial charge in [0.05, 0.1) is 10.6 Å². The number of allylic oxidation sites excluding steroid dienone is 1. The quantitative estimate of drug-likeness (QED) is 0.461. The largest absolute Gasteiger partial charge is 0.322 e. The Morgan fingerprint density at radius 2 is 1.92 bits per heavy atom. The summed E-state index contributed by atoms with van der Waals surface area (Å²) in [5.74, 6) is -0.248. The molecule has 0 atom stereocenters. The van der Waals surface area contributed by atoms with E-state index in [1.54, 1.807) is 25.1 Å². The van der Waals surface area contributed by atoms with Crippen molar-refractivity contribution in [2.24, 2.45) is 0 Å². The van der Waals surface area contributed by atoms with Crippen LogP contribution in [-0.4, -0.2) is 14.3 Å². The lowest BCUT2D eigenvalue weighted by molar-refractivity contribution is -0.112. The average Bonchev–Trinajstić information content (AvgIpc) is 2.58. The molecule has 0 radical (unpaired) electrons. The third kappa shape index (κ3) is 5.31. The number of halogens is 1. The highest BCUT2D eigenvalue weighted by Gasteiger charge is 2.17. The van der Waals surface area contributed by atoms with Gasteiger partial charge in [-0.3, -0.25) is 9.52 Å². The first kappa shape index (κ1) is 20.4. The Morgan fingerprint density at radius 3 is 2.62 bits per heavy atom. The summed E-state index contributed by atoms with van der Waals surface area (Å²) in [6, 6.07) is 11.8. The van der Waals surface area contributed by atoms with Gasteiger partial charge in [0.15, 0.2) is 0 Å². The second kappa shape index (κ2) is 8.68. The minimum Gasteiger partial charge on any atom is -0.322 e. The molecule has 7 heteroatoms. The molecule has 2 N–H and O–H groups in total. The molecule has 0 unspecified atom stereocenters. The van der Waals surface area contributed by atoms with Crippen LogP contribution in [0.4, 0.5) is 11.4 Å². The van der Waals surface area contributed by atoms with Crippen molar-refractivity contribution in [2.75, 3.05) is 10.0 Å². The Hall–Kier alpha value is -1.87. The Bertz CT molecular complexity index is 953. The van der Waals surface area contributed by atoms with Gasteiger partial charge in [-0.15, -0.1) is 0 Å². The van der Waals surface area contributed by atoms with Gasteiger partial charge in [0.1, 0.15) is 0 Å². The number of nitrogens with one attached hydrogen (secondary N) is 2. The van der Waals surface area contributed by atoms with Crippen molar-refractivity contribution in [2.45, 2.75) is 32.1 Å². The zero-order valence-electron chi connectivity index (χ0n) is 14.8. The van der Waals surface area contributed by atoms with Crippen molar-refractivity contribution < 1.29 is 13.2 Å². The maximum absolute atomic E-state index is 12.7. The van der Waals surface area contributed by atoms with Gasteiger partial charge in [0.25, 0.3) is 15.9 Å². The van der Waals surface area contributed by atoms with Crippen LogP contribution in [0.2, 0.25) is 0 Å². The maximum Gasteiger partial charge on any atom is 0.262 e. The number of hydrogen-bond acceptors (Lipinski definition) is 3. The summed E-state index contributed by atoms with van der Waals surface area (Å²) in [4.78, 5) is 12.2. The highest BCUT2D eigenvalue weighted by molar-refractivity contribution is 14.1. The van der Waals surface area contributed by atoms with Crippen LogP contribution in [-0.2, 0) is 14.8 Å². The van der Waals surface area contributed by atoms with E-state index in [4.69, 9.17) is 0 Å². The molecule has 26 heavy (non-hydrogen) atoms. The molecular formula is C19H21IN2O3S. The van der Waals surface area contributed by atoms with Gasteiger partial charge < -0.3 is 5.32 Å². The number of amides is 1. The summed E-state index contributed by atoms with van der Waals surface area (Å²) < 4.78 is 28.8. The lowest BCUT2D eigenvalue weighted by atomic mass is 10.2. The lowest BCUT2D eigenvalue weighted by Gasteiger charge is -2.12. The van der Waals surface area contributed by atoms with Gasteiger partial charge in [-0.1, -0.05) is 25.1 Å². The Morgan fingerprint density at radius 1 is 1.19 bits per heavy atom. The maximum atomic E-state index is 12.7. The molecule has 0 aliphatic heterocycles. The molecule has 0 saturated heterocycles. The fourth-order valence-electron chi connectivity index (χ4n) is 2.29. The average molecular weight is 484 g/mol. The van der Waals surface area contributed by atoms with Gasteiger partial charge in [-0.2, -0.15) is 0 Å². The van der Waals surface area contributed by atoms with E-state index in [0.717, 1.165) is 15.6 Å². The van der Waals surface area contributed by atoms with E-state index in [9.17, 15) is 13.2 Å². The Labute approximate surface area is 168 Å². The molecule has 1 amide bonds. The number of hydrogen-bond donors (Lipinski definition) is 2. The SMILES string of the molecule is CCC=C(C)C(=O)Nc1cccc(S(=O)(=O)Nc2cc(C)ccc2I)c1. The van der Waals surface area contributed by atoms with Crippen molar-refractivity contribution in [3.63, 3.8) is 0 Å². The van der Waals surface area contributed by atoms with Gasteiger partial charge in [-0.25, -0.2) is 8.42 Å². The zero-order chi connectivity index (χ0) is 19.3. The molecule has 0 spiro atoms. The van der Waals surface area contributed by atoms with Gasteiger partial charge in [0, 0.05) is 14.8 Å². The number of anilines is 2. The van der Waals surface area contributed by atoms with Crippen molar-refractivity contribution in [3.8, 4) is 0 Å². The van der Waals surface area contributed by atoms with Crippen molar-refractivity contribution in [1.29, 1.82) is 0 Å². The van der Waals surface area contributed by atoms with Gasteiger partial charge >= 0.3 is 0 Å². The monoisotopic (exact) mass is 484 g/mol. The molecule has 2 aromatic carbocycles. The first-order valence-electron chi connectivity index (χ1n) is 8.10. The number of carbonyl (C=O) groups is 1. The smallest absolute Gasteiger partial charge is 0.262 e. The van der Waals surface area contributed by atoms with E-state index in [1.165, 1.54) is 12.1 Å². The van der Waals surface area contributed by atoms with E-state index >= 15 is 0 Å². The molecule has 2 aromatic rings. The second-order valence-electron chi connectivity index (χ2n) is 5.87. The fourth-order valence-corrected chi connectivity index (χ4v) is 4.06. The molecule has 2 rings (SSSR count). The van der Waals surface area contributed by atoms with Crippen LogP contribution in [0, 0.1) is 10.5 Å². The van der Waals surface area contributed by atoms with E-state index < -0.39 is 10.0 Å². The molecule has 0 fully saturated rings. The van der Waals surface area contributed by atoms with Crippen LogP contribution in [0.25, 0.3) is 0 Å². The Kier molecular flexibility index (Phi) is 6.82. The highest BCUT2D eigenvalue weighted by Crippen LogP contribution is 2.24. The third-order valence-electron chi connectivity index (χ3n) is 3.64. The number of sulfonamides is 1. The Balaban J connectivity index is 2.26. The summed E-state index contributed by atoms with van der Waals surface area (Å²) in [6.07, 6.45) is 2.57. The topological polar surface area (TPSA) is 75.3 Å². The summed E-state index contributed by atoms with van der Waals surface area (Å²) in [5, 5.41) is 2.72. The summed E-state index contributed by atoms with van der Waals surface area (Å²) in [5.41, 5.74) is 2.51. The predicted octanol–water partition coefficient (Wildman–Crippen LogP) is 4.70. The number of benzene rings is 2. The van der Waals surface area contributed by atoms with Gasteiger partial charge in [-0.05, 0) is 78.8 Å². The molecule has 0 saturated carbocycles. The zero-order valence-corrected chi connectivity index (χ0v) is 17.8. The van der Waals surface area contributed by atoms with Crippen molar-refractivity contribution in [1.82, 2.24) is 0 Å². The molecular weight excluding hydrogens is 463 g/mol. The van der Waals surface area contributed by atoms with Crippen molar-refractivity contribution >= 4 is 49.9 Å². The fraction of sp³-hybridized carbons (Fsp3) is 0.211. The van der Waals surface area contributed by atoms with E-state index in [-0.39, 0.29) is 10.8 Å². The molecule has 0 heterocycles.